The smallest absolute Gasteiger partial charge is 0.222 e. The Balaban J connectivity index is 1.36. The van der Waals surface area contributed by atoms with Crippen molar-refractivity contribution in [3.63, 3.8) is 0 Å². The molecule has 1 amide bonds. The second-order valence-electron chi connectivity index (χ2n) is 9.36. The van der Waals surface area contributed by atoms with E-state index in [1.807, 2.05) is 0 Å². The summed E-state index contributed by atoms with van der Waals surface area (Å²) in [5.74, 6) is 1.03. The highest BCUT2D eigenvalue weighted by Gasteiger charge is 2.29. The average molecular weight is 436 g/mol. The van der Waals surface area contributed by atoms with E-state index in [0.717, 1.165) is 37.5 Å². The van der Waals surface area contributed by atoms with Crippen molar-refractivity contribution in [2.75, 3.05) is 37.7 Å². The molecule has 0 bridgehead atoms. The van der Waals surface area contributed by atoms with Crippen molar-refractivity contribution < 1.29 is 9.53 Å². The van der Waals surface area contributed by atoms with Crippen LogP contribution in [0.25, 0.3) is 0 Å². The number of hydrogen-bond acceptors (Lipinski definition) is 4. The number of carbonyl (C=O) groups excluding carboxylic acids is 1. The van der Waals surface area contributed by atoms with Crippen LogP contribution in [0.2, 0.25) is 0 Å². The van der Waals surface area contributed by atoms with Crippen LogP contribution in [0.1, 0.15) is 48.8 Å². The maximum absolute atomic E-state index is 12.8. The summed E-state index contributed by atoms with van der Waals surface area (Å²) in [4.78, 5) is 17.6. The van der Waals surface area contributed by atoms with Crippen LogP contribution in [-0.2, 0) is 11.3 Å². The molecule has 0 saturated carbocycles. The van der Waals surface area contributed by atoms with Crippen molar-refractivity contribution >= 4 is 11.6 Å². The molecule has 2 heterocycles. The molecule has 5 heteroatoms. The topological polar surface area (TPSA) is 44.8 Å². The van der Waals surface area contributed by atoms with Gasteiger partial charge in [-0.3, -0.25) is 4.79 Å². The summed E-state index contributed by atoms with van der Waals surface area (Å²) >= 11 is 0. The number of anilines is 1. The van der Waals surface area contributed by atoms with Crippen LogP contribution in [0.5, 0.6) is 5.75 Å². The number of carbonyl (C=O) groups is 1. The van der Waals surface area contributed by atoms with Gasteiger partial charge in [-0.05, 0) is 76.0 Å². The molecule has 172 valence electrons. The fourth-order valence-corrected chi connectivity index (χ4v) is 4.72. The summed E-state index contributed by atoms with van der Waals surface area (Å²) in [5, 5.41) is 3.15. The molecule has 1 saturated heterocycles. The molecule has 32 heavy (non-hydrogen) atoms. The molecule has 4 rings (SSSR count). The van der Waals surface area contributed by atoms with E-state index in [-0.39, 0.29) is 11.9 Å². The number of amides is 1. The quantitative estimate of drug-likeness (QED) is 0.622. The van der Waals surface area contributed by atoms with Crippen LogP contribution in [0.4, 0.5) is 5.69 Å². The zero-order valence-electron chi connectivity index (χ0n) is 19.6. The Morgan fingerprint density at radius 2 is 1.78 bits per heavy atom. The lowest BCUT2D eigenvalue weighted by atomic mass is 10.0. The molecular formula is C27H37N3O2. The number of likely N-dealkylation sites (tertiary alicyclic amines) is 1. The first-order valence-electron chi connectivity index (χ1n) is 12.1. The summed E-state index contributed by atoms with van der Waals surface area (Å²) in [5.41, 5.74) is 4.76. The van der Waals surface area contributed by atoms with Gasteiger partial charge in [-0.1, -0.05) is 42.3 Å². The van der Waals surface area contributed by atoms with Crippen molar-refractivity contribution in [1.29, 1.82) is 0 Å². The largest absolute Gasteiger partial charge is 0.489 e. The summed E-state index contributed by atoms with van der Waals surface area (Å²) in [6, 6.07) is 15.0. The molecule has 2 aromatic rings. The Kier molecular flexibility index (Phi) is 7.69. The number of rotatable bonds is 8. The Morgan fingerprint density at radius 1 is 1.03 bits per heavy atom. The van der Waals surface area contributed by atoms with E-state index >= 15 is 0 Å². The molecule has 5 nitrogen and oxygen atoms in total. The maximum atomic E-state index is 12.8. The van der Waals surface area contributed by atoms with Gasteiger partial charge in [0.05, 0.1) is 18.2 Å². The monoisotopic (exact) mass is 435 g/mol. The Bertz CT molecular complexity index is 890. The first-order chi connectivity index (χ1) is 15.6. The van der Waals surface area contributed by atoms with E-state index in [0.29, 0.717) is 13.0 Å². The summed E-state index contributed by atoms with van der Waals surface area (Å²) in [6.07, 6.45) is 5.45. The van der Waals surface area contributed by atoms with Crippen molar-refractivity contribution in [3.8, 4) is 5.75 Å². The zero-order valence-corrected chi connectivity index (χ0v) is 19.6. The van der Waals surface area contributed by atoms with E-state index in [1.165, 1.54) is 49.0 Å². The Morgan fingerprint density at radius 3 is 2.56 bits per heavy atom. The number of aryl methyl sites for hydroxylation is 2. The van der Waals surface area contributed by atoms with E-state index in [1.54, 1.807) is 0 Å². The number of piperidine rings is 1. The summed E-state index contributed by atoms with van der Waals surface area (Å²) in [7, 11) is 0. The summed E-state index contributed by atoms with van der Waals surface area (Å²) in [6.45, 7) is 9.73. The van der Waals surface area contributed by atoms with Gasteiger partial charge in [0.1, 0.15) is 12.4 Å². The second kappa shape index (κ2) is 10.9. The molecule has 0 aromatic heterocycles. The lowest BCUT2D eigenvalue weighted by Crippen LogP contribution is -2.45. The van der Waals surface area contributed by atoms with E-state index in [4.69, 9.17) is 4.74 Å². The first kappa shape index (κ1) is 22.7. The molecule has 2 aliphatic rings. The van der Waals surface area contributed by atoms with Gasteiger partial charge in [0, 0.05) is 13.1 Å². The maximum Gasteiger partial charge on any atom is 0.222 e. The molecule has 2 aromatic carbocycles. The minimum atomic E-state index is 0.0219. The lowest BCUT2D eigenvalue weighted by Gasteiger charge is -2.38. The standard InChI is InChI=1S/C27H37N3O2/c1-21-7-10-23(11-8-21)19-30-24(20-32-26-17-22(2)9-12-25(26)30)18-27(31)28-13-6-16-29-14-4-3-5-15-29/h7-12,17,24H,3-6,13-16,18-20H2,1-2H3,(H,28,31)/t24-/m0/s1. The molecular weight excluding hydrogens is 398 g/mol. The minimum Gasteiger partial charge on any atom is -0.489 e. The van der Waals surface area contributed by atoms with Crippen LogP contribution in [0, 0.1) is 13.8 Å². The third kappa shape index (κ3) is 6.04. The molecule has 1 atom stereocenters. The van der Waals surface area contributed by atoms with E-state index < -0.39 is 0 Å². The van der Waals surface area contributed by atoms with Crippen LogP contribution in [-0.4, -0.2) is 49.6 Å². The van der Waals surface area contributed by atoms with Gasteiger partial charge in [-0.15, -0.1) is 0 Å². The van der Waals surface area contributed by atoms with Gasteiger partial charge in [-0.25, -0.2) is 0 Å². The molecule has 2 aliphatic heterocycles. The van der Waals surface area contributed by atoms with Gasteiger partial charge < -0.3 is 19.9 Å². The molecule has 0 radical (unpaired) electrons. The van der Waals surface area contributed by atoms with Crippen LogP contribution < -0.4 is 15.0 Å². The van der Waals surface area contributed by atoms with Gasteiger partial charge in [0.25, 0.3) is 0 Å². The molecule has 1 N–H and O–H groups in total. The van der Waals surface area contributed by atoms with Crippen molar-refractivity contribution in [1.82, 2.24) is 10.2 Å². The number of fused-ring (bicyclic) bond motifs is 1. The Labute approximate surface area is 192 Å². The number of nitrogens with one attached hydrogen (secondary N) is 1. The van der Waals surface area contributed by atoms with E-state index in [2.05, 4.69) is 71.4 Å². The minimum absolute atomic E-state index is 0.0219. The zero-order chi connectivity index (χ0) is 22.3. The van der Waals surface area contributed by atoms with Gasteiger partial charge in [-0.2, -0.15) is 0 Å². The highest BCUT2D eigenvalue weighted by molar-refractivity contribution is 5.77. The fraction of sp³-hybridized carbons (Fsp3) is 0.519. The molecule has 0 unspecified atom stereocenters. The van der Waals surface area contributed by atoms with Gasteiger partial charge in [0.2, 0.25) is 5.91 Å². The van der Waals surface area contributed by atoms with Crippen molar-refractivity contribution in [2.45, 2.75) is 58.5 Å². The van der Waals surface area contributed by atoms with E-state index in [9.17, 15) is 4.79 Å². The highest BCUT2D eigenvalue weighted by atomic mass is 16.5. The first-order valence-corrected chi connectivity index (χ1v) is 12.1. The van der Waals surface area contributed by atoms with Crippen LogP contribution in [0.15, 0.2) is 42.5 Å². The molecule has 0 spiro atoms. The van der Waals surface area contributed by atoms with Crippen molar-refractivity contribution in [2.24, 2.45) is 0 Å². The highest BCUT2D eigenvalue weighted by Crippen LogP contribution is 2.36. The number of benzene rings is 2. The number of hydrogen-bond donors (Lipinski definition) is 1. The number of nitrogens with zero attached hydrogens (tertiary/aromatic N) is 2. The third-order valence-corrected chi connectivity index (χ3v) is 6.61. The van der Waals surface area contributed by atoms with Gasteiger partial charge >= 0.3 is 0 Å². The van der Waals surface area contributed by atoms with Crippen LogP contribution >= 0.6 is 0 Å². The second-order valence-corrected chi connectivity index (χ2v) is 9.36. The molecule has 0 aliphatic carbocycles. The SMILES string of the molecule is Cc1ccc(CN2c3ccc(C)cc3OC[C@@H]2CC(=O)NCCCN2CCCCC2)cc1. The normalized spacial score (nSPS) is 18.7. The summed E-state index contributed by atoms with van der Waals surface area (Å²) < 4.78 is 6.08. The lowest BCUT2D eigenvalue weighted by molar-refractivity contribution is -0.121. The fourth-order valence-electron chi connectivity index (χ4n) is 4.72. The number of ether oxygens (including phenoxy) is 1. The average Bonchev–Trinajstić information content (AvgIpc) is 2.80. The van der Waals surface area contributed by atoms with Crippen molar-refractivity contribution in [3.05, 3.63) is 59.2 Å². The van der Waals surface area contributed by atoms with Gasteiger partial charge in [0.15, 0.2) is 0 Å². The predicted molar refractivity (Wildman–Crippen MR) is 130 cm³/mol. The Hall–Kier alpha value is -2.53. The van der Waals surface area contributed by atoms with Crippen LogP contribution in [0.3, 0.4) is 0 Å². The predicted octanol–water partition coefficient (Wildman–Crippen LogP) is 4.45. The molecule has 1 fully saturated rings. The third-order valence-electron chi connectivity index (χ3n) is 6.61.